The van der Waals surface area contributed by atoms with Gasteiger partial charge >= 0.3 is 0 Å². The second-order valence-electron chi connectivity index (χ2n) is 5.94. The summed E-state index contributed by atoms with van der Waals surface area (Å²) in [5.41, 5.74) is 0.101. The van der Waals surface area contributed by atoms with Crippen LogP contribution in [0.4, 0.5) is 10.2 Å². The summed E-state index contributed by atoms with van der Waals surface area (Å²) in [7, 11) is 2.00. The summed E-state index contributed by atoms with van der Waals surface area (Å²) in [5, 5.41) is 0. The third-order valence-corrected chi connectivity index (χ3v) is 4.52. The van der Waals surface area contributed by atoms with Crippen LogP contribution >= 0.6 is 0 Å². The average molecular weight is 250 g/mol. The van der Waals surface area contributed by atoms with Crippen molar-refractivity contribution in [3.8, 4) is 0 Å². The Labute approximate surface area is 107 Å². The van der Waals surface area contributed by atoms with Gasteiger partial charge in [-0.05, 0) is 18.6 Å². The molecule has 1 aliphatic carbocycles. The molecule has 1 aromatic rings. The normalized spacial score (nSPS) is 32.8. The zero-order valence-electron chi connectivity index (χ0n) is 11.1. The van der Waals surface area contributed by atoms with Crippen molar-refractivity contribution in [2.24, 2.45) is 11.3 Å². The predicted octanol–water partition coefficient (Wildman–Crippen LogP) is 2.47. The number of fused-ring (bicyclic) bond motifs is 1. The third kappa shape index (κ3) is 1.55. The number of hydrogen-bond donors (Lipinski definition) is 0. The van der Waals surface area contributed by atoms with Crippen molar-refractivity contribution in [2.45, 2.75) is 32.4 Å². The van der Waals surface area contributed by atoms with Gasteiger partial charge in [-0.15, -0.1) is 0 Å². The van der Waals surface area contributed by atoms with Crippen LogP contribution < -0.4 is 4.90 Å². The molecule has 98 valence electrons. The summed E-state index contributed by atoms with van der Waals surface area (Å²) >= 11 is 0. The van der Waals surface area contributed by atoms with Gasteiger partial charge in [-0.2, -0.15) is 4.39 Å². The van der Waals surface area contributed by atoms with E-state index in [1.807, 2.05) is 13.1 Å². The molecule has 3 rings (SSSR count). The van der Waals surface area contributed by atoms with Crippen LogP contribution in [0.2, 0.25) is 0 Å². The van der Waals surface area contributed by atoms with E-state index in [1.165, 1.54) is 6.07 Å². The molecule has 1 aromatic heterocycles. The zero-order valence-corrected chi connectivity index (χ0v) is 11.1. The first-order chi connectivity index (χ1) is 8.51. The standard InChI is InChI=1S/C14H19FN2O/c1-14(2)12(9-7-8-18-13(9)14)17(3)11-6-4-5-10(15)16-11/h4-6,9,12-13H,7-8H2,1-3H3/t9-,12+,13-/m0/s1. The highest BCUT2D eigenvalue weighted by Gasteiger charge is 2.60. The lowest BCUT2D eigenvalue weighted by atomic mass is 9.57. The molecule has 1 saturated heterocycles. The first-order valence-electron chi connectivity index (χ1n) is 6.49. The average Bonchev–Trinajstić information content (AvgIpc) is 2.75. The van der Waals surface area contributed by atoms with Gasteiger partial charge in [0, 0.05) is 31.0 Å². The molecule has 2 aliphatic rings. The van der Waals surface area contributed by atoms with Gasteiger partial charge in [0.15, 0.2) is 0 Å². The Morgan fingerprint density at radius 2 is 2.22 bits per heavy atom. The summed E-state index contributed by atoms with van der Waals surface area (Å²) in [5.74, 6) is 0.837. The Hall–Kier alpha value is -1.16. The lowest BCUT2D eigenvalue weighted by Crippen LogP contribution is -2.66. The van der Waals surface area contributed by atoms with Crippen molar-refractivity contribution in [2.75, 3.05) is 18.6 Å². The molecule has 0 radical (unpaired) electrons. The Morgan fingerprint density at radius 3 is 2.94 bits per heavy atom. The number of halogens is 1. The lowest BCUT2D eigenvalue weighted by molar-refractivity contribution is -0.101. The van der Waals surface area contributed by atoms with Gasteiger partial charge in [-0.25, -0.2) is 4.98 Å². The molecule has 0 spiro atoms. The van der Waals surface area contributed by atoms with Crippen molar-refractivity contribution < 1.29 is 9.13 Å². The SMILES string of the molecule is CN(c1cccc(F)n1)[C@@H]1[C@@H]2CCO[C@@H]2C1(C)C. The van der Waals surface area contributed by atoms with E-state index in [1.54, 1.807) is 6.07 Å². The maximum atomic E-state index is 13.2. The second-order valence-corrected chi connectivity index (χ2v) is 5.94. The second kappa shape index (κ2) is 3.92. The minimum absolute atomic E-state index is 0.101. The topological polar surface area (TPSA) is 25.4 Å². The fourth-order valence-electron chi connectivity index (χ4n) is 3.82. The molecule has 2 fully saturated rings. The van der Waals surface area contributed by atoms with E-state index in [4.69, 9.17) is 4.74 Å². The van der Waals surface area contributed by atoms with Gasteiger partial charge in [-0.1, -0.05) is 19.9 Å². The van der Waals surface area contributed by atoms with Crippen LogP contribution in [0.1, 0.15) is 20.3 Å². The van der Waals surface area contributed by atoms with Crippen LogP contribution in [0.5, 0.6) is 0 Å². The van der Waals surface area contributed by atoms with Gasteiger partial charge in [0.25, 0.3) is 0 Å². The summed E-state index contributed by atoms with van der Waals surface area (Å²) in [6.07, 6.45) is 1.44. The lowest BCUT2D eigenvalue weighted by Gasteiger charge is -2.58. The highest BCUT2D eigenvalue weighted by molar-refractivity contribution is 5.41. The van der Waals surface area contributed by atoms with Crippen LogP contribution in [-0.2, 0) is 4.74 Å². The Morgan fingerprint density at radius 1 is 1.44 bits per heavy atom. The number of nitrogens with zero attached hydrogens (tertiary/aromatic N) is 2. The van der Waals surface area contributed by atoms with Crippen LogP contribution in [-0.4, -0.2) is 30.8 Å². The smallest absolute Gasteiger partial charge is 0.214 e. The Bertz CT molecular complexity index is 463. The minimum Gasteiger partial charge on any atom is -0.377 e. The maximum absolute atomic E-state index is 13.2. The van der Waals surface area contributed by atoms with E-state index in [0.29, 0.717) is 23.9 Å². The largest absolute Gasteiger partial charge is 0.377 e. The van der Waals surface area contributed by atoms with Gasteiger partial charge < -0.3 is 9.64 Å². The number of anilines is 1. The van der Waals surface area contributed by atoms with Gasteiger partial charge in [0.1, 0.15) is 5.82 Å². The van der Waals surface area contributed by atoms with Gasteiger partial charge in [-0.3, -0.25) is 0 Å². The van der Waals surface area contributed by atoms with Crippen LogP contribution in [0.15, 0.2) is 18.2 Å². The summed E-state index contributed by atoms with van der Waals surface area (Å²) in [6.45, 7) is 5.29. The van der Waals surface area contributed by atoms with Gasteiger partial charge in [0.05, 0.1) is 6.10 Å². The number of hydrogen-bond acceptors (Lipinski definition) is 3. The maximum Gasteiger partial charge on any atom is 0.214 e. The molecule has 4 heteroatoms. The van der Waals surface area contributed by atoms with E-state index in [2.05, 4.69) is 23.7 Å². The van der Waals surface area contributed by atoms with E-state index in [0.717, 1.165) is 13.0 Å². The van der Waals surface area contributed by atoms with Crippen molar-refractivity contribution in [3.63, 3.8) is 0 Å². The Balaban J connectivity index is 1.87. The molecular weight excluding hydrogens is 231 g/mol. The van der Waals surface area contributed by atoms with Gasteiger partial charge in [0.2, 0.25) is 5.95 Å². The van der Waals surface area contributed by atoms with E-state index < -0.39 is 5.95 Å². The molecule has 3 nitrogen and oxygen atoms in total. The molecule has 0 bridgehead atoms. The number of aromatic nitrogens is 1. The number of ether oxygens (including phenoxy) is 1. The molecule has 1 saturated carbocycles. The first-order valence-corrected chi connectivity index (χ1v) is 6.49. The number of rotatable bonds is 2. The van der Waals surface area contributed by atoms with Crippen molar-refractivity contribution in [1.82, 2.24) is 4.98 Å². The molecule has 0 unspecified atom stereocenters. The monoisotopic (exact) mass is 250 g/mol. The van der Waals surface area contributed by atoms with Crippen LogP contribution in [0.25, 0.3) is 0 Å². The fraction of sp³-hybridized carbons (Fsp3) is 0.643. The molecule has 2 heterocycles. The summed E-state index contributed by atoms with van der Waals surface area (Å²) in [4.78, 5) is 6.08. The molecule has 0 amide bonds. The minimum atomic E-state index is -0.421. The van der Waals surface area contributed by atoms with Crippen LogP contribution in [0.3, 0.4) is 0 Å². The van der Waals surface area contributed by atoms with E-state index >= 15 is 0 Å². The first kappa shape index (κ1) is 11.9. The van der Waals surface area contributed by atoms with Crippen LogP contribution in [0, 0.1) is 17.3 Å². The Kier molecular flexibility index (Phi) is 2.59. The summed E-state index contributed by atoms with van der Waals surface area (Å²) < 4.78 is 19.0. The van der Waals surface area contributed by atoms with Crippen molar-refractivity contribution >= 4 is 5.82 Å². The highest BCUT2D eigenvalue weighted by Crippen LogP contribution is 2.54. The van der Waals surface area contributed by atoms with E-state index in [-0.39, 0.29) is 5.41 Å². The molecule has 0 aromatic carbocycles. The highest BCUT2D eigenvalue weighted by atomic mass is 19.1. The molecular formula is C14H19FN2O. The van der Waals surface area contributed by atoms with Crippen molar-refractivity contribution in [3.05, 3.63) is 24.1 Å². The summed E-state index contributed by atoms with van der Waals surface area (Å²) in [6, 6.07) is 5.33. The molecule has 3 atom stereocenters. The molecule has 0 N–H and O–H groups in total. The quantitative estimate of drug-likeness (QED) is 0.754. The van der Waals surface area contributed by atoms with E-state index in [9.17, 15) is 4.39 Å². The molecule has 1 aliphatic heterocycles. The van der Waals surface area contributed by atoms with Crippen molar-refractivity contribution in [1.29, 1.82) is 0 Å². The predicted molar refractivity (Wildman–Crippen MR) is 68.0 cm³/mol. The molecule has 18 heavy (non-hydrogen) atoms. The fourth-order valence-corrected chi connectivity index (χ4v) is 3.82. The third-order valence-electron chi connectivity index (χ3n) is 4.52. The zero-order chi connectivity index (χ0) is 12.9. The number of pyridine rings is 1.